The van der Waals surface area contributed by atoms with Crippen LogP contribution < -0.4 is 5.73 Å². The molecule has 0 bridgehead atoms. The first-order chi connectivity index (χ1) is 10.4. The van der Waals surface area contributed by atoms with E-state index in [1.807, 2.05) is 23.8 Å². The molecule has 0 aromatic rings. The van der Waals surface area contributed by atoms with Gasteiger partial charge in [-0.15, -0.1) is 0 Å². The zero-order valence-corrected chi connectivity index (χ0v) is 14.7. The van der Waals surface area contributed by atoms with E-state index in [0.717, 1.165) is 38.6 Å². The van der Waals surface area contributed by atoms with Crippen LogP contribution in [-0.2, 0) is 9.59 Å². The van der Waals surface area contributed by atoms with Crippen molar-refractivity contribution in [3.63, 3.8) is 0 Å². The van der Waals surface area contributed by atoms with Gasteiger partial charge in [-0.25, -0.2) is 0 Å². The molecule has 2 amide bonds. The predicted molar refractivity (Wildman–Crippen MR) is 89.3 cm³/mol. The normalized spacial score (nSPS) is 18.9. The predicted octanol–water partition coefficient (Wildman–Crippen LogP) is 1.86. The van der Waals surface area contributed by atoms with Crippen LogP contribution in [0.1, 0.15) is 52.9 Å². The molecule has 1 fully saturated rings. The largest absolute Gasteiger partial charge is 0.346 e. The van der Waals surface area contributed by atoms with Gasteiger partial charge >= 0.3 is 0 Å². The molecule has 0 aromatic heterocycles. The van der Waals surface area contributed by atoms with Gasteiger partial charge in [0, 0.05) is 32.6 Å². The van der Waals surface area contributed by atoms with Gasteiger partial charge in [0.05, 0.1) is 6.04 Å². The second-order valence-electron chi connectivity index (χ2n) is 6.62. The van der Waals surface area contributed by atoms with Gasteiger partial charge in [0.2, 0.25) is 11.8 Å². The summed E-state index contributed by atoms with van der Waals surface area (Å²) in [5.74, 6) is 0.532. The van der Waals surface area contributed by atoms with E-state index in [2.05, 4.69) is 13.8 Å². The molecule has 0 radical (unpaired) electrons. The SMILES string of the molecule is CCCCN(C)C(=O)C1CCN(C(=O)C(N)C(C)CC)CC1. The Bertz CT molecular complexity index is 365. The maximum absolute atomic E-state index is 12.4. The quantitative estimate of drug-likeness (QED) is 0.780. The molecule has 0 aliphatic carbocycles. The van der Waals surface area contributed by atoms with Crippen LogP contribution in [0.15, 0.2) is 0 Å². The van der Waals surface area contributed by atoms with Crippen molar-refractivity contribution in [3.8, 4) is 0 Å². The summed E-state index contributed by atoms with van der Waals surface area (Å²) in [4.78, 5) is 28.4. The second-order valence-corrected chi connectivity index (χ2v) is 6.62. The number of nitrogens with two attached hydrogens (primary N) is 1. The summed E-state index contributed by atoms with van der Waals surface area (Å²) in [5, 5.41) is 0. The van der Waals surface area contributed by atoms with Crippen molar-refractivity contribution in [1.29, 1.82) is 0 Å². The highest BCUT2D eigenvalue weighted by Gasteiger charge is 2.31. The zero-order valence-electron chi connectivity index (χ0n) is 14.7. The molecule has 2 atom stereocenters. The van der Waals surface area contributed by atoms with Gasteiger partial charge in [-0.3, -0.25) is 9.59 Å². The monoisotopic (exact) mass is 311 g/mol. The molecule has 5 heteroatoms. The topological polar surface area (TPSA) is 66.6 Å². The number of rotatable bonds is 7. The smallest absolute Gasteiger partial charge is 0.239 e. The molecule has 0 aromatic carbocycles. The van der Waals surface area contributed by atoms with Gasteiger partial charge in [0.15, 0.2) is 0 Å². The number of carbonyl (C=O) groups excluding carboxylic acids is 2. The van der Waals surface area contributed by atoms with E-state index >= 15 is 0 Å². The van der Waals surface area contributed by atoms with Gasteiger partial charge < -0.3 is 15.5 Å². The lowest BCUT2D eigenvalue weighted by Crippen LogP contribution is -2.51. The number of amides is 2. The van der Waals surface area contributed by atoms with Crippen molar-refractivity contribution in [2.45, 2.75) is 58.9 Å². The van der Waals surface area contributed by atoms with E-state index in [1.165, 1.54) is 0 Å². The molecule has 0 saturated carbocycles. The molecule has 0 spiro atoms. The first-order valence-corrected chi connectivity index (χ1v) is 8.71. The zero-order chi connectivity index (χ0) is 16.7. The van der Waals surface area contributed by atoms with Crippen LogP contribution in [0.3, 0.4) is 0 Å². The highest BCUT2D eigenvalue weighted by atomic mass is 16.2. The minimum atomic E-state index is -0.413. The lowest BCUT2D eigenvalue weighted by Gasteiger charge is -2.35. The Kier molecular flexibility index (Phi) is 7.87. The highest BCUT2D eigenvalue weighted by molar-refractivity contribution is 5.83. The first kappa shape index (κ1) is 18.9. The van der Waals surface area contributed by atoms with E-state index in [9.17, 15) is 9.59 Å². The maximum Gasteiger partial charge on any atom is 0.239 e. The average molecular weight is 311 g/mol. The van der Waals surface area contributed by atoms with Gasteiger partial charge in [0.25, 0.3) is 0 Å². The number of piperidine rings is 1. The van der Waals surface area contributed by atoms with Gasteiger partial charge in [-0.1, -0.05) is 33.6 Å². The molecular formula is C17H33N3O2. The van der Waals surface area contributed by atoms with Crippen LogP contribution in [0.25, 0.3) is 0 Å². The van der Waals surface area contributed by atoms with Crippen LogP contribution in [-0.4, -0.2) is 54.3 Å². The van der Waals surface area contributed by atoms with Crippen molar-refractivity contribution in [2.24, 2.45) is 17.6 Å². The molecule has 1 heterocycles. The Morgan fingerprint density at radius 1 is 1.27 bits per heavy atom. The summed E-state index contributed by atoms with van der Waals surface area (Å²) in [6, 6.07) is -0.413. The highest BCUT2D eigenvalue weighted by Crippen LogP contribution is 2.21. The number of hydrogen-bond donors (Lipinski definition) is 1. The first-order valence-electron chi connectivity index (χ1n) is 8.71. The van der Waals surface area contributed by atoms with Gasteiger partial charge in [0.1, 0.15) is 0 Å². The minimum Gasteiger partial charge on any atom is -0.346 e. The Labute approximate surface area is 135 Å². The van der Waals surface area contributed by atoms with Crippen LogP contribution >= 0.6 is 0 Å². The Balaban J connectivity index is 2.46. The molecule has 1 saturated heterocycles. The minimum absolute atomic E-state index is 0.0413. The van der Waals surface area contributed by atoms with Crippen LogP contribution in [0, 0.1) is 11.8 Å². The molecule has 22 heavy (non-hydrogen) atoms. The van der Waals surface area contributed by atoms with E-state index in [4.69, 9.17) is 5.73 Å². The van der Waals surface area contributed by atoms with Crippen molar-refractivity contribution in [2.75, 3.05) is 26.7 Å². The van der Waals surface area contributed by atoms with Crippen LogP contribution in [0.4, 0.5) is 0 Å². The molecule has 5 nitrogen and oxygen atoms in total. The molecule has 1 rings (SSSR count). The summed E-state index contributed by atoms with van der Waals surface area (Å²) >= 11 is 0. The fourth-order valence-corrected chi connectivity index (χ4v) is 2.87. The standard InChI is InChI=1S/C17H33N3O2/c1-5-7-10-19(4)16(21)14-8-11-20(12-9-14)17(22)15(18)13(3)6-2/h13-15H,5-12,18H2,1-4H3. The van der Waals surface area contributed by atoms with Crippen LogP contribution in [0.2, 0.25) is 0 Å². The van der Waals surface area contributed by atoms with E-state index in [1.54, 1.807) is 0 Å². The summed E-state index contributed by atoms with van der Waals surface area (Å²) in [6.45, 7) is 8.33. The summed E-state index contributed by atoms with van der Waals surface area (Å²) in [5.41, 5.74) is 6.03. The molecule has 1 aliphatic heterocycles. The maximum atomic E-state index is 12.4. The lowest BCUT2D eigenvalue weighted by molar-refractivity contribution is -0.141. The summed E-state index contributed by atoms with van der Waals surface area (Å²) < 4.78 is 0. The number of likely N-dealkylation sites (tertiary alicyclic amines) is 1. The van der Waals surface area contributed by atoms with Gasteiger partial charge in [-0.05, 0) is 25.2 Å². The Morgan fingerprint density at radius 3 is 2.36 bits per heavy atom. The number of nitrogens with zero attached hydrogens (tertiary/aromatic N) is 2. The molecular weight excluding hydrogens is 278 g/mol. The van der Waals surface area contributed by atoms with Crippen molar-refractivity contribution >= 4 is 11.8 Å². The number of carbonyl (C=O) groups is 2. The fraction of sp³-hybridized carbons (Fsp3) is 0.882. The van der Waals surface area contributed by atoms with E-state index < -0.39 is 6.04 Å². The molecule has 2 unspecified atom stereocenters. The Morgan fingerprint density at radius 2 is 1.86 bits per heavy atom. The number of unbranched alkanes of at least 4 members (excludes halogenated alkanes) is 1. The van der Waals surface area contributed by atoms with Crippen molar-refractivity contribution in [1.82, 2.24) is 9.80 Å². The molecule has 128 valence electrons. The summed E-state index contributed by atoms with van der Waals surface area (Å²) in [6.07, 6.45) is 4.56. The summed E-state index contributed by atoms with van der Waals surface area (Å²) in [7, 11) is 1.88. The molecule has 2 N–H and O–H groups in total. The third-order valence-corrected chi connectivity index (χ3v) is 4.92. The van der Waals surface area contributed by atoms with E-state index in [0.29, 0.717) is 13.1 Å². The lowest BCUT2D eigenvalue weighted by atomic mass is 9.93. The van der Waals surface area contributed by atoms with E-state index in [-0.39, 0.29) is 23.7 Å². The fourth-order valence-electron chi connectivity index (χ4n) is 2.87. The Hall–Kier alpha value is -1.10. The van der Waals surface area contributed by atoms with Crippen LogP contribution in [0.5, 0.6) is 0 Å². The second kappa shape index (κ2) is 9.13. The van der Waals surface area contributed by atoms with Crippen molar-refractivity contribution in [3.05, 3.63) is 0 Å². The van der Waals surface area contributed by atoms with Crippen molar-refractivity contribution < 1.29 is 9.59 Å². The average Bonchev–Trinajstić information content (AvgIpc) is 2.56. The third kappa shape index (κ3) is 4.97. The molecule has 1 aliphatic rings. The number of hydrogen-bond acceptors (Lipinski definition) is 3. The van der Waals surface area contributed by atoms with Gasteiger partial charge in [-0.2, -0.15) is 0 Å². The third-order valence-electron chi connectivity index (χ3n) is 4.92.